The van der Waals surface area contributed by atoms with Gasteiger partial charge in [0.2, 0.25) is 5.95 Å². The van der Waals surface area contributed by atoms with E-state index in [1.165, 1.54) is 22.8 Å². The summed E-state index contributed by atoms with van der Waals surface area (Å²) in [7, 11) is 0. The quantitative estimate of drug-likeness (QED) is 0.782. The summed E-state index contributed by atoms with van der Waals surface area (Å²) in [6.07, 6.45) is 0. The number of rotatable bonds is 2. The minimum Gasteiger partial charge on any atom is -0.369 e. The van der Waals surface area contributed by atoms with Gasteiger partial charge in [-0.1, -0.05) is 0 Å². The molecule has 0 unspecified atom stereocenters. The number of hydrogen-bond acceptors (Lipinski definition) is 2. The minimum atomic E-state index is -0.552. The predicted octanol–water partition coefficient (Wildman–Crippen LogP) is 3.08. The number of anilines is 1. The summed E-state index contributed by atoms with van der Waals surface area (Å²) in [6, 6.07) is 7.17. The second-order valence-electron chi connectivity index (χ2n) is 4.42. The topological polar surface area (TPSA) is 43.8 Å². The summed E-state index contributed by atoms with van der Waals surface area (Å²) in [6.45, 7) is -0.0185. The summed E-state index contributed by atoms with van der Waals surface area (Å²) in [5, 5.41) is 0. The third-order valence-electron chi connectivity index (χ3n) is 3.08. The molecular formula is C14H10F3N3. The Morgan fingerprint density at radius 1 is 1.00 bits per heavy atom. The lowest BCUT2D eigenvalue weighted by atomic mass is 10.2. The first-order valence-electron chi connectivity index (χ1n) is 5.90. The Balaban J connectivity index is 2.12. The van der Waals surface area contributed by atoms with E-state index in [0.29, 0.717) is 11.0 Å². The van der Waals surface area contributed by atoms with E-state index >= 15 is 0 Å². The maximum absolute atomic E-state index is 13.7. The van der Waals surface area contributed by atoms with Gasteiger partial charge in [-0.05, 0) is 36.4 Å². The average molecular weight is 277 g/mol. The first-order chi connectivity index (χ1) is 9.54. The SMILES string of the molecule is Nc1nc2ccc(F)cc2n1Cc1cc(F)ccc1F. The van der Waals surface area contributed by atoms with Gasteiger partial charge >= 0.3 is 0 Å². The molecule has 0 radical (unpaired) electrons. The Kier molecular flexibility index (Phi) is 2.85. The van der Waals surface area contributed by atoms with Gasteiger partial charge in [-0.3, -0.25) is 0 Å². The van der Waals surface area contributed by atoms with E-state index in [0.717, 1.165) is 18.2 Å². The van der Waals surface area contributed by atoms with Crippen LogP contribution >= 0.6 is 0 Å². The molecule has 3 aromatic rings. The van der Waals surface area contributed by atoms with Crippen LogP contribution in [0.5, 0.6) is 0 Å². The van der Waals surface area contributed by atoms with Crippen molar-refractivity contribution in [2.24, 2.45) is 0 Å². The van der Waals surface area contributed by atoms with Crippen LogP contribution in [-0.4, -0.2) is 9.55 Å². The van der Waals surface area contributed by atoms with Crippen molar-refractivity contribution < 1.29 is 13.2 Å². The predicted molar refractivity (Wildman–Crippen MR) is 69.6 cm³/mol. The highest BCUT2D eigenvalue weighted by Gasteiger charge is 2.12. The van der Waals surface area contributed by atoms with Crippen molar-refractivity contribution >= 4 is 17.0 Å². The van der Waals surface area contributed by atoms with Crippen molar-refractivity contribution in [3.63, 3.8) is 0 Å². The van der Waals surface area contributed by atoms with Crippen molar-refractivity contribution in [2.45, 2.75) is 6.54 Å². The van der Waals surface area contributed by atoms with Gasteiger partial charge in [0, 0.05) is 5.56 Å². The molecule has 0 saturated carbocycles. The van der Waals surface area contributed by atoms with E-state index in [2.05, 4.69) is 4.98 Å². The fourth-order valence-electron chi connectivity index (χ4n) is 2.12. The zero-order valence-electron chi connectivity index (χ0n) is 10.3. The van der Waals surface area contributed by atoms with Crippen LogP contribution < -0.4 is 5.73 Å². The van der Waals surface area contributed by atoms with Crippen molar-refractivity contribution in [2.75, 3.05) is 5.73 Å². The number of benzene rings is 2. The molecular weight excluding hydrogens is 267 g/mol. The molecule has 0 bridgehead atoms. The molecule has 0 aliphatic carbocycles. The third-order valence-corrected chi connectivity index (χ3v) is 3.08. The second-order valence-corrected chi connectivity index (χ2v) is 4.42. The van der Waals surface area contributed by atoms with Gasteiger partial charge in [-0.2, -0.15) is 0 Å². The lowest BCUT2D eigenvalue weighted by Gasteiger charge is -2.08. The molecule has 0 aliphatic rings. The smallest absolute Gasteiger partial charge is 0.201 e. The van der Waals surface area contributed by atoms with E-state index in [1.54, 1.807) is 0 Å². The molecule has 0 spiro atoms. The molecule has 102 valence electrons. The number of nitrogens with zero attached hydrogens (tertiary/aromatic N) is 2. The molecule has 3 nitrogen and oxygen atoms in total. The zero-order chi connectivity index (χ0) is 14.3. The van der Waals surface area contributed by atoms with Crippen LogP contribution in [0.2, 0.25) is 0 Å². The maximum Gasteiger partial charge on any atom is 0.201 e. The molecule has 20 heavy (non-hydrogen) atoms. The van der Waals surface area contributed by atoms with Crippen LogP contribution in [0.4, 0.5) is 19.1 Å². The molecule has 1 heterocycles. The highest BCUT2D eigenvalue weighted by molar-refractivity contribution is 5.78. The van der Waals surface area contributed by atoms with Crippen LogP contribution in [-0.2, 0) is 6.54 Å². The minimum absolute atomic E-state index is 0.0185. The Bertz CT molecular complexity index is 796. The molecule has 0 saturated heterocycles. The van der Waals surface area contributed by atoms with E-state index in [4.69, 9.17) is 5.73 Å². The van der Waals surface area contributed by atoms with Gasteiger partial charge in [0.1, 0.15) is 17.5 Å². The fraction of sp³-hybridized carbons (Fsp3) is 0.0714. The van der Waals surface area contributed by atoms with Crippen LogP contribution in [0.15, 0.2) is 36.4 Å². The molecule has 0 fully saturated rings. The van der Waals surface area contributed by atoms with Gasteiger partial charge in [0.05, 0.1) is 17.6 Å². The van der Waals surface area contributed by atoms with Crippen molar-refractivity contribution in [3.8, 4) is 0 Å². The van der Waals surface area contributed by atoms with E-state index in [-0.39, 0.29) is 18.1 Å². The lowest BCUT2D eigenvalue weighted by molar-refractivity contribution is 0.579. The molecule has 1 aromatic heterocycles. The molecule has 3 rings (SSSR count). The summed E-state index contributed by atoms with van der Waals surface area (Å²) in [5.74, 6) is -1.42. The molecule has 0 atom stereocenters. The number of aromatic nitrogens is 2. The summed E-state index contributed by atoms with van der Waals surface area (Å²) in [4.78, 5) is 4.06. The zero-order valence-corrected chi connectivity index (χ0v) is 10.3. The normalized spacial score (nSPS) is 11.2. The highest BCUT2D eigenvalue weighted by atomic mass is 19.1. The summed E-state index contributed by atoms with van der Waals surface area (Å²) >= 11 is 0. The third kappa shape index (κ3) is 2.09. The van der Waals surface area contributed by atoms with Crippen molar-refractivity contribution in [1.82, 2.24) is 9.55 Å². The fourth-order valence-corrected chi connectivity index (χ4v) is 2.12. The molecule has 2 N–H and O–H groups in total. The Morgan fingerprint density at radius 3 is 2.50 bits per heavy atom. The lowest BCUT2D eigenvalue weighted by Crippen LogP contribution is -2.06. The van der Waals surface area contributed by atoms with E-state index < -0.39 is 17.5 Å². The van der Waals surface area contributed by atoms with Gasteiger partial charge in [-0.25, -0.2) is 18.2 Å². The first-order valence-corrected chi connectivity index (χ1v) is 5.90. The Morgan fingerprint density at radius 2 is 1.70 bits per heavy atom. The second kappa shape index (κ2) is 4.56. The molecule has 0 aliphatic heterocycles. The average Bonchev–Trinajstić information content (AvgIpc) is 2.70. The number of fused-ring (bicyclic) bond motifs is 1. The van der Waals surface area contributed by atoms with Crippen LogP contribution in [0.3, 0.4) is 0 Å². The van der Waals surface area contributed by atoms with Crippen LogP contribution in [0.25, 0.3) is 11.0 Å². The standard InChI is InChI=1S/C14H10F3N3/c15-9-1-3-11(17)8(5-9)7-20-13-6-10(16)2-4-12(13)19-14(20)18/h1-6H,7H2,(H2,18,19). The molecule has 0 amide bonds. The molecule has 6 heteroatoms. The number of nitrogen functional groups attached to an aromatic ring is 1. The van der Waals surface area contributed by atoms with Crippen LogP contribution in [0, 0.1) is 17.5 Å². The van der Waals surface area contributed by atoms with Gasteiger partial charge in [0.15, 0.2) is 0 Å². The number of nitrogens with two attached hydrogens (primary N) is 1. The van der Waals surface area contributed by atoms with Gasteiger partial charge in [0.25, 0.3) is 0 Å². The van der Waals surface area contributed by atoms with Gasteiger partial charge < -0.3 is 10.3 Å². The van der Waals surface area contributed by atoms with Gasteiger partial charge in [-0.15, -0.1) is 0 Å². The monoisotopic (exact) mass is 277 g/mol. The summed E-state index contributed by atoms with van der Waals surface area (Å²) in [5.41, 5.74) is 6.81. The first kappa shape index (κ1) is 12.5. The van der Waals surface area contributed by atoms with Crippen LogP contribution in [0.1, 0.15) is 5.56 Å². The van der Waals surface area contributed by atoms with E-state index in [1.807, 2.05) is 0 Å². The highest BCUT2D eigenvalue weighted by Crippen LogP contribution is 2.21. The number of imidazole rings is 1. The Hall–Kier alpha value is -2.50. The number of halogens is 3. The van der Waals surface area contributed by atoms with E-state index in [9.17, 15) is 13.2 Å². The largest absolute Gasteiger partial charge is 0.369 e. The summed E-state index contributed by atoms with van der Waals surface area (Å²) < 4.78 is 41.6. The Labute approximate surface area is 112 Å². The molecule has 2 aromatic carbocycles. The van der Waals surface area contributed by atoms with Crippen molar-refractivity contribution in [3.05, 3.63) is 59.4 Å². The number of hydrogen-bond donors (Lipinski definition) is 1. The maximum atomic E-state index is 13.7. The van der Waals surface area contributed by atoms with Crippen molar-refractivity contribution in [1.29, 1.82) is 0 Å².